The lowest BCUT2D eigenvalue weighted by Crippen LogP contribution is -3.04. The highest BCUT2D eigenvalue weighted by molar-refractivity contribution is 6.09. The van der Waals surface area contributed by atoms with E-state index in [4.69, 9.17) is 0 Å². The van der Waals surface area contributed by atoms with Crippen molar-refractivity contribution in [3.8, 4) is 0 Å². The first-order chi connectivity index (χ1) is 12.0. The van der Waals surface area contributed by atoms with Gasteiger partial charge in [0.05, 0.1) is 25.3 Å². The summed E-state index contributed by atoms with van der Waals surface area (Å²) in [6, 6.07) is 15.0. The van der Waals surface area contributed by atoms with E-state index in [1.165, 1.54) is 10.5 Å². The van der Waals surface area contributed by atoms with Crippen LogP contribution in [0, 0.1) is 0 Å². The molecule has 0 atom stereocenters. The topological polar surface area (TPSA) is 62.6 Å². The Morgan fingerprint density at radius 2 is 1.68 bits per heavy atom. The highest BCUT2D eigenvalue weighted by Gasteiger charge is 2.25. The molecule has 0 saturated heterocycles. The molecule has 1 aliphatic carbocycles. The summed E-state index contributed by atoms with van der Waals surface area (Å²) < 4.78 is 0. The zero-order valence-electron chi connectivity index (χ0n) is 14.6. The first-order valence-corrected chi connectivity index (χ1v) is 8.62. The highest BCUT2D eigenvalue weighted by atomic mass is 16.2. The first-order valence-electron chi connectivity index (χ1n) is 8.62. The minimum Gasteiger partial charge on any atom is -0.349 e. The maximum absolute atomic E-state index is 12.5. The maximum atomic E-state index is 12.5. The lowest BCUT2D eigenvalue weighted by molar-refractivity contribution is -0.872. The molecular formula is C20H24N3O2+. The summed E-state index contributed by atoms with van der Waals surface area (Å²) in [7, 11) is 4.18. The van der Waals surface area contributed by atoms with Crippen molar-refractivity contribution in [2.75, 3.05) is 19.4 Å². The molecule has 2 aromatic rings. The van der Waals surface area contributed by atoms with Crippen LogP contribution >= 0.6 is 0 Å². The average Bonchev–Trinajstić information content (AvgIpc) is 3.39. The third-order valence-electron chi connectivity index (χ3n) is 4.11. The van der Waals surface area contributed by atoms with E-state index < -0.39 is 0 Å². The molecule has 25 heavy (non-hydrogen) atoms. The Labute approximate surface area is 148 Å². The predicted octanol–water partition coefficient (Wildman–Crippen LogP) is 1.48. The highest BCUT2D eigenvalue weighted by Crippen LogP contribution is 2.22. The molecule has 0 spiro atoms. The van der Waals surface area contributed by atoms with Gasteiger partial charge in [0.2, 0.25) is 0 Å². The Bertz CT molecular complexity index is 765. The van der Waals surface area contributed by atoms with E-state index in [0.29, 0.717) is 16.8 Å². The quantitative estimate of drug-likeness (QED) is 0.747. The number of anilines is 1. The molecule has 1 aliphatic rings. The molecule has 0 unspecified atom stereocenters. The van der Waals surface area contributed by atoms with Gasteiger partial charge in [-0.3, -0.25) is 9.59 Å². The number of amides is 2. The van der Waals surface area contributed by atoms with Gasteiger partial charge in [0.1, 0.15) is 6.54 Å². The van der Waals surface area contributed by atoms with Gasteiger partial charge < -0.3 is 15.5 Å². The number of benzene rings is 2. The van der Waals surface area contributed by atoms with E-state index in [9.17, 15) is 9.59 Å². The van der Waals surface area contributed by atoms with Crippen LogP contribution in [-0.4, -0.2) is 32.0 Å². The number of carbonyl (C=O) groups is 2. The van der Waals surface area contributed by atoms with Gasteiger partial charge in [-0.25, -0.2) is 0 Å². The Balaban J connectivity index is 1.71. The average molecular weight is 338 g/mol. The van der Waals surface area contributed by atoms with E-state index in [1.807, 2.05) is 30.3 Å². The second-order valence-electron chi connectivity index (χ2n) is 6.83. The largest absolute Gasteiger partial charge is 0.349 e. The molecule has 2 aromatic carbocycles. The fraction of sp³-hybridized carbons (Fsp3) is 0.300. The number of para-hydroxylation sites is 1. The van der Waals surface area contributed by atoms with Gasteiger partial charge in [0.25, 0.3) is 11.8 Å². The number of hydrogen-bond acceptors (Lipinski definition) is 2. The van der Waals surface area contributed by atoms with Gasteiger partial charge in [-0.05, 0) is 37.1 Å². The van der Waals surface area contributed by atoms with Gasteiger partial charge >= 0.3 is 0 Å². The molecule has 2 amide bonds. The van der Waals surface area contributed by atoms with Gasteiger partial charge in [-0.15, -0.1) is 0 Å². The van der Waals surface area contributed by atoms with E-state index in [0.717, 1.165) is 19.4 Å². The van der Waals surface area contributed by atoms with Crippen LogP contribution in [0.3, 0.4) is 0 Å². The summed E-state index contributed by atoms with van der Waals surface area (Å²) in [5.41, 5.74) is 2.79. The monoisotopic (exact) mass is 338 g/mol. The number of quaternary nitrogens is 1. The van der Waals surface area contributed by atoms with Crippen LogP contribution in [0.1, 0.15) is 39.1 Å². The van der Waals surface area contributed by atoms with Crippen molar-refractivity contribution < 1.29 is 14.5 Å². The molecule has 0 heterocycles. The van der Waals surface area contributed by atoms with Crippen LogP contribution in [0.15, 0.2) is 48.5 Å². The molecule has 0 aromatic heterocycles. The fourth-order valence-electron chi connectivity index (χ4n) is 2.66. The molecule has 0 aliphatic heterocycles. The molecule has 3 rings (SSSR count). The molecule has 5 nitrogen and oxygen atoms in total. The summed E-state index contributed by atoms with van der Waals surface area (Å²) >= 11 is 0. The first kappa shape index (κ1) is 17.2. The van der Waals surface area contributed by atoms with Gasteiger partial charge in [0, 0.05) is 17.2 Å². The van der Waals surface area contributed by atoms with Crippen molar-refractivity contribution >= 4 is 17.5 Å². The second-order valence-corrected chi connectivity index (χ2v) is 6.83. The molecule has 0 radical (unpaired) electrons. The minimum absolute atomic E-state index is 0.136. The molecule has 3 N–H and O–H groups in total. The van der Waals surface area contributed by atoms with E-state index >= 15 is 0 Å². The standard InChI is InChI=1S/C20H23N3O2/c1-23(2)13-14-7-9-15(10-8-14)19(24)22-18-6-4-3-5-17(18)20(25)21-16-11-12-16/h3-10,16H,11-13H2,1-2H3,(H,21,25)(H,22,24)/p+1. The smallest absolute Gasteiger partial charge is 0.255 e. The normalized spacial score (nSPS) is 13.6. The van der Waals surface area contributed by atoms with Crippen molar-refractivity contribution in [1.29, 1.82) is 0 Å². The molecular weight excluding hydrogens is 314 g/mol. The Morgan fingerprint density at radius 3 is 2.32 bits per heavy atom. The number of carbonyl (C=O) groups excluding carboxylic acids is 2. The number of rotatable bonds is 6. The zero-order chi connectivity index (χ0) is 17.8. The predicted molar refractivity (Wildman–Crippen MR) is 97.8 cm³/mol. The maximum Gasteiger partial charge on any atom is 0.255 e. The van der Waals surface area contributed by atoms with Crippen molar-refractivity contribution in [3.63, 3.8) is 0 Å². The number of hydrogen-bond donors (Lipinski definition) is 3. The molecule has 130 valence electrons. The molecule has 1 fully saturated rings. The molecule has 1 saturated carbocycles. The Kier molecular flexibility index (Phi) is 5.14. The summed E-state index contributed by atoms with van der Waals surface area (Å²) in [6.07, 6.45) is 2.06. The second kappa shape index (κ2) is 7.49. The Hall–Kier alpha value is -2.66. The summed E-state index contributed by atoms with van der Waals surface area (Å²) in [6.45, 7) is 0.909. The van der Waals surface area contributed by atoms with Crippen LogP contribution in [-0.2, 0) is 6.54 Å². The van der Waals surface area contributed by atoms with Crippen LogP contribution in [0.5, 0.6) is 0 Å². The lowest BCUT2D eigenvalue weighted by Gasteiger charge is -2.12. The molecule has 5 heteroatoms. The van der Waals surface area contributed by atoms with Crippen molar-refractivity contribution in [2.45, 2.75) is 25.4 Å². The molecule has 0 bridgehead atoms. The van der Waals surface area contributed by atoms with Gasteiger partial charge in [-0.1, -0.05) is 24.3 Å². The van der Waals surface area contributed by atoms with E-state index in [2.05, 4.69) is 24.7 Å². The Morgan fingerprint density at radius 1 is 1.00 bits per heavy atom. The van der Waals surface area contributed by atoms with E-state index in [-0.39, 0.29) is 17.9 Å². The van der Waals surface area contributed by atoms with Crippen molar-refractivity contribution in [3.05, 3.63) is 65.2 Å². The summed E-state index contributed by atoms with van der Waals surface area (Å²) in [5.74, 6) is -0.349. The van der Waals surface area contributed by atoms with Crippen molar-refractivity contribution in [2.24, 2.45) is 0 Å². The van der Waals surface area contributed by atoms with Gasteiger partial charge in [0.15, 0.2) is 0 Å². The summed E-state index contributed by atoms with van der Waals surface area (Å²) in [4.78, 5) is 26.2. The van der Waals surface area contributed by atoms with E-state index in [1.54, 1.807) is 18.2 Å². The third-order valence-corrected chi connectivity index (χ3v) is 4.11. The fourth-order valence-corrected chi connectivity index (χ4v) is 2.66. The zero-order valence-corrected chi connectivity index (χ0v) is 14.6. The third kappa shape index (κ3) is 4.67. The lowest BCUT2D eigenvalue weighted by atomic mass is 10.1. The SMILES string of the molecule is C[NH+](C)Cc1ccc(C(=O)Nc2ccccc2C(=O)NC2CC2)cc1. The van der Waals surface area contributed by atoms with Crippen LogP contribution < -0.4 is 15.5 Å². The van der Waals surface area contributed by atoms with Crippen LogP contribution in [0.25, 0.3) is 0 Å². The summed E-state index contributed by atoms with van der Waals surface area (Å²) in [5, 5.41) is 5.81. The number of nitrogens with one attached hydrogen (secondary N) is 3. The van der Waals surface area contributed by atoms with Crippen LogP contribution in [0.4, 0.5) is 5.69 Å². The van der Waals surface area contributed by atoms with Crippen LogP contribution in [0.2, 0.25) is 0 Å². The minimum atomic E-state index is -0.213. The van der Waals surface area contributed by atoms with Gasteiger partial charge in [-0.2, -0.15) is 0 Å². The van der Waals surface area contributed by atoms with Crippen molar-refractivity contribution in [1.82, 2.24) is 5.32 Å².